The van der Waals surface area contributed by atoms with Gasteiger partial charge >= 0.3 is 6.18 Å². The van der Waals surface area contributed by atoms with Crippen molar-refractivity contribution in [3.63, 3.8) is 0 Å². The number of alkyl halides is 3. The number of hydrogen-bond acceptors (Lipinski definition) is 4. The molecule has 2 heterocycles. The number of nitrogens with one attached hydrogen (secondary N) is 1. The van der Waals surface area contributed by atoms with Crippen molar-refractivity contribution in [2.45, 2.75) is 38.4 Å². The molecule has 0 atom stereocenters. The van der Waals surface area contributed by atoms with Crippen molar-refractivity contribution in [1.82, 2.24) is 14.9 Å². The van der Waals surface area contributed by atoms with Gasteiger partial charge in [0.1, 0.15) is 5.82 Å². The number of halogens is 4. The lowest BCUT2D eigenvalue weighted by molar-refractivity contribution is -0.137. The van der Waals surface area contributed by atoms with Crippen molar-refractivity contribution in [3.05, 3.63) is 75.5 Å². The fraction of sp³-hybridized carbons (Fsp3) is 0.320. The molecular formula is C25H24ClF3N4O2. The van der Waals surface area contributed by atoms with E-state index in [1.807, 2.05) is 4.90 Å². The molecule has 1 aliphatic rings. The van der Waals surface area contributed by atoms with Crippen LogP contribution < -0.4 is 15.8 Å². The van der Waals surface area contributed by atoms with Crippen molar-refractivity contribution in [2.24, 2.45) is 0 Å². The van der Waals surface area contributed by atoms with Gasteiger partial charge in [0, 0.05) is 37.2 Å². The summed E-state index contributed by atoms with van der Waals surface area (Å²) in [5.74, 6) is 0.689. The Morgan fingerprint density at radius 1 is 1.11 bits per heavy atom. The fourth-order valence-electron chi connectivity index (χ4n) is 4.09. The van der Waals surface area contributed by atoms with Gasteiger partial charge in [0.05, 0.1) is 16.3 Å². The molecule has 0 radical (unpaired) electrons. The summed E-state index contributed by atoms with van der Waals surface area (Å²) < 4.78 is 40.4. The molecule has 1 fully saturated rings. The van der Waals surface area contributed by atoms with Crippen LogP contribution in [-0.2, 0) is 11.0 Å². The Hall–Kier alpha value is -3.33. The van der Waals surface area contributed by atoms with Crippen LogP contribution >= 0.6 is 11.6 Å². The van der Waals surface area contributed by atoms with E-state index in [2.05, 4.69) is 5.32 Å². The highest BCUT2D eigenvalue weighted by molar-refractivity contribution is 6.33. The summed E-state index contributed by atoms with van der Waals surface area (Å²) in [6.07, 6.45) is -2.65. The molecule has 10 heteroatoms. The minimum atomic E-state index is -4.49. The van der Waals surface area contributed by atoms with E-state index in [-0.39, 0.29) is 23.5 Å². The highest BCUT2D eigenvalue weighted by Gasteiger charge is 2.30. The molecule has 35 heavy (non-hydrogen) atoms. The van der Waals surface area contributed by atoms with Gasteiger partial charge in [-0.3, -0.25) is 14.2 Å². The van der Waals surface area contributed by atoms with Gasteiger partial charge in [-0.1, -0.05) is 30.7 Å². The molecule has 0 spiro atoms. The van der Waals surface area contributed by atoms with Crippen molar-refractivity contribution in [3.8, 4) is 17.1 Å². The highest BCUT2D eigenvalue weighted by Crippen LogP contribution is 2.32. The smallest absolute Gasteiger partial charge is 0.356 e. The molecule has 2 aromatic carbocycles. The number of carbonyl (C=O) groups excluding carboxylic acids is 1. The lowest BCUT2D eigenvalue weighted by atomic mass is 10.0. The number of piperidine rings is 1. The zero-order chi connectivity index (χ0) is 25.2. The molecule has 4 rings (SSSR count). The van der Waals surface area contributed by atoms with Crippen LogP contribution in [-0.4, -0.2) is 34.6 Å². The van der Waals surface area contributed by atoms with Crippen LogP contribution in [0.2, 0.25) is 5.02 Å². The Bertz CT molecular complexity index is 1270. The van der Waals surface area contributed by atoms with Gasteiger partial charge in [-0.2, -0.15) is 13.2 Å². The molecule has 1 aliphatic heterocycles. The van der Waals surface area contributed by atoms with Crippen LogP contribution in [0.25, 0.3) is 17.1 Å². The normalized spacial score (nSPS) is 14.7. The molecule has 0 aliphatic carbocycles. The SMILES string of the molecule is CCC(=O)NC1CCN(c2cc(=O)n(-c3ccc(C(F)(F)F)cc3)c(-c3ccccc3Cl)n2)CC1. The first-order valence-electron chi connectivity index (χ1n) is 11.3. The molecule has 184 valence electrons. The van der Waals surface area contributed by atoms with Gasteiger partial charge in [-0.05, 0) is 49.2 Å². The van der Waals surface area contributed by atoms with Crippen LogP contribution in [0.4, 0.5) is 19.0 Å². The van der Waals surface area contributed by atoms with Gasteiger partial charge in [0.2, 0.25) is 5.91 Å². The van der Waals surface area contributed by atoms with E-state index in [0.29, 0.717) is 48.8 Å². The molecule has 1 N–H and O–H groups in total. The average molecular weight is 505 g/mol. The van der Waals surface area contributed by atoms with E-state index in [9.17, 15) is 22.8 Å². The second-order valence-corrected chi connectivity index (χ2v) is 8.73. The minimum Gasteiger partial charge on any atom is -0.356 e. The third kappa shape index (κ3) is 5.51. The molecule has 0 unspecified atom stereocenters. The maximum absolute atomic E-state index is 13.3. The number of carbonyl (C=O) groups is 1. The van der Waals surface area contributed by atoms with E-state index in [1.54, 1.807) is 31.2 Å². The first-order valence-corrected chi connectivity index (χ1v) is 11.7. The van der Waals surface area contributed by atoms with Crippen molar-refractivity contribution < 1.29 is 18.0 Å². The summed E-state index contributed by atoms with van der Waals surface area (Å²) in [5.41, 5.74) is -0.515. The number of amides is 1. The van der Waals surface area contributed by atoms with Crippen LogP contribution in [0.3, 0.4) is 0 Å². The van der Waals surface area contributed by atoms with Crippen LogP contribution in [0, 0.1) is 0 Å². The Morgan fingerprint density at radius 3 is 2.37 bits per heavy atom. The molecule has 1 aromatic heterocycles. The van der Waals surface area contributed by atoms with Crippen molar-refractivity contribution >= 4 is 23.3 Å². The third-order valence-electron chi connectivity index (χ3n) is 5.98. The molecule has 3 aromatic rings. The largest absolute Gasteiger partial charge is 0.416 e. The highest BCUT2D eigenvalue weighted by atomic mass is 35.5. The number of nitrogens with zero attached hydrogens (tertiary/aromatic N) is 3. The van der Waals surface area contributed by atoms with Gasteiger partial charge in [0.15, 0.2) is 5.82 Å². The topological polar surface area (TPSA) is 67.2 Å². The summed E-state index contributed by atoms with van der Waals surface area (Å²) in [6.45, 7) is 2.98. The first-order chi connectivity index (χ1) is 16.7. The van der Waals surface area contributed by atoms with Crippen LogP contribution in [0.1, 0.15) is 31.7 Å². The lowest BCUT2D eigenvalue weighted by Crippen LogP contribution is -2.45. The average Bonchev–Trinajstić information content (AvgIpc) is 2.84. The molecule has 0 bridgehead atoms. The van der Waals surface area contributed by atoms with E-state index in [4.69, 9.17) is 16.6 Å². The lowest BCUT2D eigenvalue weighted by Gasteiger charge is -2.33. The maximum Gasteiger partial charge on any atom is 0.416 e. The monoisotopic (exact) mass is 504 g/mol. The fourth-order valence-corrected chi connectivity index (χ4v) is 4.31. The quantitative estimate of drug-likeness (QED) is 0.527. The second kappa shape index (κ2) is 10.1. The number of benzene rings is 2. The standard InChI is InChI=1S/C25H24ClF3N4O2/c1-2-22(34)30-17-11-13-32(14-12-17)21-15-23(35)33(18-9-7-16(8-10-18)25(27,28)29)24(31-21)19-5-3-4-6-20(19)26/h3-10,15,17H,2,11-14H2,1H3,(H,30,34). The molecule has 1 amide bonds. The van der Waals surface area contributed by atoms with Gasteiger partial charge in [-0.25, -0.2) is 4.98 Å². The number of hydrogen-bond donors (Lipinski definition) is 1. The molecule has 1 saturated heterocycles. The minimum absolute atomic E-state index is 0.00159. The number of rotatable bonds is 5. The maximum atomic E-state index is 13.3. The Kier molecular flexibility index (Phi) is 7.16. The van der Waals surface area contributed by atoms with Crippen molar-refractivity contribution in [2.75, 3.05) is 18.0 Å². The van der Waals surface area contributed by atoms with Crippen molar-refractivity contribution in [1.29, 1.82) is 0 Å². The number of anilines is 1. The summed E-state index contributed by atoms with van der Waals surface area (Å²) in [7, 11) is 0. The van der Waals surface area contributed by atoms with E-state index in [1.165, 1.54) is 22.8 Å². The summed E-state index contributed by atoms with van der Waals surface area (Å²) in [6, 6.07) is 12.7. The Morgan fingerprint density at radius 2 is 1.77 bits per heavy atom. The van der Waals surface area contributed by atoms with Gasteiger partial charge in [0.25, 0.3) is 5.56 Å². The Balaban J connectivity index is 1.73. The van der Waals surface area contributed by atoms with E-state index in [0.717, 1.165) is 12.1 Å². The second-order valence-electron chi connectivity index (χ2n) is 8.32. The zero-order valence-corrected chi connectivity index (χ0v) is 19.7. The van der Waals surface area contributed by atoms with E-state index >= 15 is 0 Å². The summed E-state index contributed by atoms with van der Waals surface area (Å²) in [5, 5.41) is 3.35. The predicted octanol–water partition coefficient (Wildman–Crippen LogP) is 5.07. The summed E-state index contributed by atoms with van der Waals surface area (Å²) >= 11 is 6.42. The predicted molar refractivity (Wildman–Crippen MR) is 129 cm³/mol. The number of aromatic nitrogens is 2. The van der Waals surface area contributed by atoms with Crippen LogP contribution in [0.5, 0.6) is 0 Å². The molecular weight excluding hydrogens is 481 g/mol. The first kappa shape index (κ1) is 24.8. The van der Waals surface area contributed by atoms with Gasteiger partial charge < -0.3 is 10.2 Å². The van der Waals surface area contributed by atoms with Crippen LogP contribution in [0.15, 0.2) is 59.4 Å². The summed E-state index contributed by atoms with van der Waals surface area (Å²) in [4.78, 5) is 31.7. The zero-order valence-electron chi connectivity index (χ0n) is 19.0. The third-order valence-corrected chi connectivity index (χ3v) is 6.31. The molecule has 0 saturated carbocycles. The van der Waals surface area contributed by atoms with Gasteiger partial charge in [-0.15, -0.1) is 0 Å². The van der Waals surface area contributed by atoms with E-state index < -0.39 is 17.3 Å². The Labute approximate surface area is 205 Å². The molecule has 6 nitrogen and oxygen atoms in total.